The number of halogens is 1. The molecule has 5 nitrogen and oxygen atoms in total. The quantitative estimate of drug-likeness (QED) is 0.710. The first-order valence-corrected chi connectivity index (χ1v) is 7.67. The summed E-state index contributed by atoms with van der Waals surface area (Å²) in [6.07, 6.45) is 0.586. The second kappa shape index (κ2) is 9.20. The minimum absolute atomic E-state index is 0.123. The maximum absolute atomic E-state index is 12.1. The summed E-state index contributed by atoms with van der Waals surface area (Å²) < 4.78 is 0. The molecule has 1 aromatic carbocycles. The third kappa shape index (κ3) is 6.26. The molecule has 0 fully saturated rings. The molecule has 0 bridgehead atoms. The van der Waals surface area contributed by atoms with E-state index < -0.39 is 12.1 Å². The molecule has 120 valence electrons. The van der Waals surface area contributed by atoms with Gasteiger partial charge in [-0.1, -0.05) is 30.3 Å². The zero-order valence-corrected chi connectivity index (χ0v) is 13.5. The zero-order valence-electron chi connectivity index (χ0n) is 12.8. The zero-order chi connectivity index (χ0) is 16.5. The van der Waals surface area contributed by atoms with E-state index in [-0.39, 0.29) is 29.9 Å². The second-order valence-corrected chi connectivity index (χ2v) is 5.46. The molecule has 1 rings (SSSR count). The lowest BCUT2D eigenvalue weighted by Crippen LogP contribution is -2.50. The molecule has 0 spiro atoms. The summed E-state index contributed by atoms with van der Waals surface area (Å²) in [6, 6.07) is 8.08. The Morgan fingerprint density at radius 1 is 1.14 bits per heavy atom. The summed E-state index contributed by atoms with van der Waals surface area (Å²) in [5, 5.41) is 5.19. The maximum Gasteiger partial charge on any atom is 0.242 e. The summed E-state index contributed by atoms with van der Waals surface area (Å²) >= 11 is 5.62. The first-order chi connectivity index (χ1) is 10.4. The molecule has 0 aliphatic heterocycles. The highest BCUT2D eigenvalue weighted by Crippen LogP contribution is 2.06. The summed E-state index contributed by atoms with van der Waals surface area (Å²) in [5.41, 5.74) is 0.947. The Morgan fingerprint density at radius 3 is 2.32 bits per heavy atom. The molecule has 1 aromatic rings. The Kier molecular flexibility index (Phi) is 7.60. The van der Waals surface area contributed by atoms with Gasteiger partial charge in [0.15, 0.2) is 5.78 Å². The summed E-state index contributed by atoms with van der Waals surface area (Å²) in [6.45, 7) is 2.91. The fraction of sp³-hybridized carbons (Fsp3) is 0.438. The van der Waals surface area contributed by atoms with Crippen LogP contribution in [0.4, 0.5) is 0 Å². The van der Waals surface area contributed by atoms with Crippen LogP contribution in [0.2, 0.25) is 0 Å². The lowest BCUT2D eigenvalue weighted by molar-refractivity contribution is -0.130. The van der Waals surface area contributed by atoms with Crippen LogP contribution in [-0.4, -0.2) is 35.6 Å². The Morgan fingerprint density at radius 2 is 1.77 bits per heavy atom. The van der Waals surface area contributed by atoms with Crippen molar-refractivity contribution >= 4 is 29.2 Å². The van der Waals surface area contributed by atoms with Gasteiger partial charge in [0.25, 0.3) is 0 Å². The molecular weight excluding hydrogens is 304 g/mol. The molecule has 0 aromatic heterocycles. The average Bonchev–Trinajstić information content (AvgIpc) is 2.47. The van der Waals surface area contributed by atoms with Crippen LogP contribution in [0.25, 0.3) is 0 Å². The molecule has 0 aliphatic rings. The van der Waals surface area contributed by atoms with Gasteiger partial charge in [0.05, 0.1) is 6.04 Å². The molecule has 0 saturated heterocycles. The molecule has 2 unspecified atom stereocenters. The van der Waals surface area contributed by atoms with Gasteiger partial charge >= 0.3 is 0 Å². The summed E-state index contributed by atoms with van der Waals surface area (Å²) in [5.74, 6) is -0.600. The number of ketones is 1. The van der Waals surface area contributed by atoms with E-state index in [1.807, 2.05) is 30.3 Å². The fourth-order valence-corrected chi connectivity index (χ4v) is 2.22. The fourth-order valence-electron chi connectivity index (χ4n) is 2.03. The van der Waals surface area contributed by atoms with E-state index >= 15 is 0 Å². The monoisotopic (exact) mass is 324 g/mol. The minimum Gasteiger partial charge on any atom is -0.345 e. The van der Waals surface area contributed by atoms with Crippen molar-refractivity contribution in [3.8, 4) is 0 Å². The Balaban J connectivity index is 2.75. The van der Waals surface area contributed by atoms with E-state index in [0.29, 0.717) is 6.42 Å². The Bertz CT molecular complexity index is 519. The highest BCUT2D eigenvalue weighted by molar-refractivity contribution is 6.19. The number of carbonyl (C=O) groups is 3. The molecule has 2 amide bonds. The van der Waals surface area contributed by atoms with E-state index in [0.717, 1.165) is 5.56 Å². The normalized spacial score (nSPS) is 13.0. The van der Waals surface area contributed by atoms with E-state index in [4.69, 9.17) is 11.6 Å². The van der Waals surface area contributed by atoms with Crippen molar-refractivity contribution in [1.29, 1.82) is 0 Å². The van der Waals surface area contributed by atoms with Gasteiger partial charge in [-0.05, 0) is 18.9 Å². The molecule has 22 heavy (non-hydrogen) atoms. The van der Waals surface area contributed by atoms with E-state index in [2.05, 4.69) is 10.6 Å². The number of hydrogen-bond acceptors (Lipinski definition) is 3. The van der Waals surface area contributed by atoms with E-state index in [1.165, 1.54) is 6.92 Å². The third-order valence-corrected chi connectivity index (χ3v) is 3.33. The standard InChI is InChI=1S/C16H21ClN2O3/c1-11(18-12(2)20)16(22)19-14(15(21)8-9-17)10-13-6-4-3-5-7-13/h3-7,11,14H,8-10H2,1-2H3,(H,18,20)(H,19,22). The predicted molar refractivity (Wildman–Crippen MR) is 85.7 cm³/mol. The van der Waals surface area contributed by atoms with Crippen molar-refractivity contribution in [3.05, 3.63) is 35.9 Å². The van der Waals surface area contributed by atoms with Gasteiger partial charge < -0.3 is 10.6 Å². The van der Waals surface area contributed by atoms with Crippen LogP contribution in [-0.2, 0) is 20.8 Å². The van der Waals surface area contributed by atoms with Crippen LogP contribution in [0.5, 0.6) is 0 Å². The number of hydrogen-bond donors (Lipinski definition) is 2. The van der Waals surface area contributed by atoms with Crippen molar-refractivity contribution in [2.75, 3.05) is 5.88 Å². The van der Waals surface area contributed by atoms with Crippen molar-refractivity contribution < 1.29 is 14.4 Å². The molecule has 2 N–H and O–H groups in total. The number of alkyl halides is 1. The van der Waals surface area contributed by atoms with Crippen LogP contribution >= 0.6 is 11.6 Å². The highest BCUT2D eigenvalue weighted by Gasteiger charge is 2.23. The van der Waals surface area contributed by atoms with Crippen molar-refractivity contribution in [2.45, 2.75) is 38.8 Å². The molecular formula is C16H21ClN2O3. The van der Waals surface area contributed by atoms with Crippen molar-refractivity contribution in [1.82, 2.24) is 10.6 Å². The molecule has 2 atom stereocenters. The number of amides is 2. The number of benzene rings is 1. The minimum atomic E-state index is -0.695. The van der Waals surface area contributed by atoms with Crippen LogP contribution in [0.15, 0.2) is 30.3 Å². The smallest absolute Gasteiger partial charge is 0.242 e. The maximum atomic E-state index is 12.1. The van der Waals surface area contributed by atoms with Gasteiger partial charge in [-0.25, -0.2) is 0 Å². The number of Topliss-reactive ketones (excluding diaryl/α,β-unsaturated/α-hetero) is 1. The number of nitrogens with one attached hydrogen (secondary N) is 2. The molecule has 0 saturated carbocycles. The number of carbonyl (C=O) groups excluding carboxylic acids is 3. The van der Waals surface area contributed by atoms with Gasteiger partial charge in [-0.2, -0.15) is 0 Å². The van der Waals surface area contributed by atoms with Gasteiger partial charge in [0, 0.05) is 19.2 Å². The second-order valence-electron chi connectivity index (χ2n) is 5.08. The van der Waals surface area contributed by atoms with Crippen LogP contribution in [0.3, 0.4) is 0 Å². The van der Waals surface area contributed by atoms with Crippen LogP contribution in [0.1, 0.15) is 25.8 Å². The highest BCUT2D eigenvalue weighted by atomic mass is 35.5. The largest absolute Gasteiger partial charge is 0.345 e. The van der Waals surface area contributed by atoms with Crippen LogP contribution < -0.4 is 10.6 Å². The third-order valence-electron chi connectivity index (χ3n) is 3.14. The van der Waals surface area contributed by atoms with Crippen LogP contribution in [0, 0.1) is 0 Å². The summed E-state index contributed by atoms with van der Waals surface area (Å²) in [4.78, 5) is 35.2. The molecule has 0 radical (unpaired) electrons. The van der Waals surface area contributed by atoms with Gasteiger partial charge in [0.1, 0.15) is 6.04 Å². The lowest BCUT2D eigenvalue weighted by atomic mass is 10.0. The SMILES string of the molecule is CC(=O)NC(C)C(=O)NC(Cc1ccccc1)C(=O)CCCl. The van der Waals surface area contributed by atoms with Gasteiger partial charge in [-0.15, -0.1) is 11.6 Å². The first kappa shape index (κ1) is 18.2. The molecule has 0 heterocycles. The Labute approximate surface area is 135 Å². The topological polar surface area (TPSA) is 75.3 Å². The first-order valence-electron chi connectivity index (χ1n) is 7.14. The Hall–Kier alpha value is -1.88. The lowest BCUT2D eigenvalue weighted by Gasteiger charge is -2.20. The summed E-state index contributed by atoms with van der Waals surface area (Å²) in [7, 11) is 0. The van der Waals surface area contributed by atoms with Crippen molar-refractivity contribution in [2.24, 2.45) is 0 Å². The predicted octanol–water partition coefficient (Wildman–Crippen LogP) is 1.44. The van der Waals surface area contributed by atoms with Crippen molar-refractivity contribution in [3.63, 3.8) is 0 Å². The van der Waals surface area contributed by atoms with Gasteiger partial charge in [0.2, 0.25) is 11.8 Å². The number of rotatable bonds is 8. The molecule has 0 aliphatic carbocycles. The van der Waals surface area contributed by atoms with E-state index in [1.54, 1.807) is 6.92 Å². The molecule has 6 heteroatoms. The van der Waals surface area contributed by atoms with E-state index in [9.17, 15) is 14.4 Å². The average molecular weight is 325 g/mol. The van der Waals surface area contributed by atoms with Gasteiger partial charge in [-0.3, -0.25) is 14.4 Å².